The summed E-state index contributed by atoms with van der Waals surface area (Å²) in [6, 6.07) is 8.19. The molecular formula is C19H23N5O6. The minimum Gasteiger partial charge on any atom is -0.496 e. The van der Waals surface area contributed by atoms with Gasteiger partial charge < -0.3 is 20.3 Å². The Morgan fingerprint density at radius 2 is 1.77 bits per heavy atom. The van der Waals surface area contributed by atoms with E-state index in [9.17, 15) is 25.0 Å². The number of nitrogens with one attached hydrogen (secondary N) is 2. The van der Waals surface area contributed by atoms with Gasteiger partial charge >= 0.3 is 0 Å². The molecule has 0 fully saturated rings. The lowest BCUT2D eigenvalue weighted by molar-refractivity contribution is -0.384. The Morgan fingerprint density at radius 1 is 1.13 bits per heavy atom. The van der Waals surface area contributed by atoms with Gasteiger partial charge in [-0.1, -0.05) is 0 Å². The summed E-state index contributed by atoms with van der Waals surface area (Å²) in [6.45, 7) is 2.09. The average molecular weight is 417 g/mol. The number of nitrogens with zero attached hydrogens (tertiary/aromatic N) is 3. The van der Waals surface area contributed by atoms with Crippen LogP contribution in [0.25, 0.3) is 0 Å². The summed E-state index contributed by atoms with van der Waals surface area (Å²) in [5.74, 6) is -0.296. The van der Waals surface area contributed by atoms with Gasteiger partial charge in [0.1, 0.15) is 11.4 Å². The van der Waals surface area contributed by atoms with E-state index in [0.717, 1.165) is 0 Å². The van der Waals surface area contributed by atoms with Gasteiger partial charge in [0.15, 0.2) is 0 Å². The van der Waals surface area contributed by atoms with Crippen molar-refractivity contribution in [3.05, 3.63) is 62.2 Å². The van der Waals surface area contributed by atoms with Crippen LogP contribution in [0.4, 0.5) is 22.7 Å². The largest absolute Gasteiger partial charge is 0.496 e. The van der Waals surface area contributed by atoms with E-state index in [1.165, 1.54) is 31.4 Å². The molecule has 2 N–H and O–H groups in total. The zero-order valence-electron chi connectivity index (χ0n) is 17.0. The lowest BCUT2D eigenvalue weighted by Crippen LogP contribution is -2.37. The standard InChI is InChI=1S/C19H23N5O6/c1-12(11-20-13-5-7-14(8-6-13)23(26)27)21-19(25)15-9-17(24(28)29)16(22(2)3)10-18(15)30-4/h5-10,12,20H,11H2,1-4H3,(H,21,25)/t12-/m0/s1. The zero-order valence-corrected chi connectivity index (χ0v) is 17.0. The lowest BCUT2D eigenvalue weighted by atomic mass is 10.1. The molecule has 0 radical (unpaired) electrons. The maximum absolute atomic E-state index is 12.7. The number of rotatable bonds is 9. The molecule has 30 heavy (non-hydrogen) atoms. The van der Waals surface area contributed by atoms with Crippen LogP contribution in [0, 0.1) is 20.2 Å². The molecule has 2 aromatic carbocycles. The van der Waals surface area contributed by atoms with Crippen molar-refractivity contribution in [3.63, 3.8) is 0 Å². The second-order valence-corrected chi connectivity index (χ2v) is 6.75. The summed E-state index contributed by atoms with van der Waals surface area (Å²) in [5, 5.41) is 27.9. The van der Waals surface area contributed by atoms with Gasteiger partial charge in [-0.05, 0) is 19.1 Å². The lowest BCUT2D eigenvalue weighted by Gasteiger charge is -2.19. The Bertz CT molecular complexity index is 945. The van der Waals surface area contributed by atoms with E-state index in [2.05, 4.69) is 10.6 Å². The number of nitro benzene ring substituents is 2. The van der Waals surface area contributed by atoms with E-state index in [-0.39, 0.29) is 28.7 Å². The molecule has 0 aromatic heterocycles. The molecule has 0 bridgehead atoms. The van der Waals surface area contributed by atoms with Crippen molar-refractivity contribution in [2.75, 3.05) is 38.0 Å². The van der Waals surface area contributed by atoms with Crippen molar-refractivity contribution in [2.24, 2.45) is 0 Å². The van der Waals surface area contributed by atoms with E-state index in [1.807, 2.05) is 0 Å². The minimum absolute atomic E-state index is 0.0169. The minimum atomic E-state index is -0.550. The van der Waals surface area contributed by atoms with Gasteiger partial charge in [-0.2, -0.15) is 0 Å². The van der Waals surface area contributed by atoms with Crippen molar-refractivity contribution >= 4 is 28.7 Å². The molecule has 11 nitrogen and oxygen atoms in total. The number of benzene rings is 2. The second kappa shape index (κ2) is 9.54. The molecule has 1 amide bonds. The van der Waals surface area contributed by atoms with Crippen molar-refractivity contribution in [1.29, 1.82) is 0 Å². The number of carbonyl (C=O) groups is 1. The summed E-state index contributed by atoms with van der Waals surface area (Å²) in [6.07, 6.45) is 0. The number of carbonyl (C=O) groups excluding carboxylic acids is 1. The van der Waals surface area contributed by atoms with Crippen molar-refractivity contribution < 1.29 is 19.4 Å². The first kappa shape index (κ1) is 22.4. The SMILES string of the molecule is COc1cc(N(C)C)c([N+](=O)[O-])cc1C(=O)N[C@@H](C)CNc1ccc([N+](=O)[O-])cc1. The second-order valence-electron chi connectivity index (χ2n) is 6.75. The van der Waals surface area contributed by atoms with E-state index >= 15 is 0 Å². The van der Waals surface area contributed by atoms with Crippen LogP contribution in [0.3, 0.4) is 0 Å². The number of methoxy groups -OCH3 is 1. The summed E-state index contributed by atoms with van der Waals surface area (Å²) in [4.78, 5) is 35.3. The highest BCUT2D eigenvalue weighted by Crippen LogP contribution is 2.34. The highest BCUT2D eigenvalue weighted by molar-refractivity contribution is 5.99. The third-order valence-corrected chi connectivity index (χ3v) is 4.29. The molecule has 0 aliphatic rings. The van der Waals surface area contributed by atoms with Gasteiger partial charge in [0.2, 0.25) is 0 Å². The van der Waals surface area contributed by atoms with Crippen molar-refractivity contribution in [3.8, 4) is 5.75 Å². The third kappa shape index (κ3) is 5.34. The third-order valence-electron chi connectivity index (χ3n) is 4.29. The Kier molecular flexibility index (Phi) is 7.13. The smallest absolute Gasteiger partial charge is 0.293 e. The van der Waals surface area contributed by atoms with Crippen LogP contribution in [0.2, 0.25) is 0 Å². The quantitative estimate of drug-likeness (QED) is 0.469. The Labute approximate surface area is 172 Å². The number of amides is 1. The molecule has 0 saturated heterocycles. The molecule has 0 saturated carbocycles. The first-order chi connectivity index (χ1) is 14.1. The van der Waals surface area contributed by atoms with Crippen molar-refractivity contribution in [1.82, 2.24) is 5.32 Å². The fourth-order valence-electron chi connectivity index (χ4n) is 2.73. The number of nitro groups is 2. The molecule has 0 spiro atoms. The summed E-state index contributed by atoms with van der Waals surface area (Å²) in [5.41, 5.74) is 0.808. The van der Waals surface area contributed by atoms with Gasteiger partial charge in [0.05, 0.1) is 22.5 Å². The number of hydrogen-bond acceptors (Lipinski definition) is 8. The molecule has 0 aliphatic carbocycles. The summed E-state index contributed by atoms with van der Waals surface area (Å²) < 4.78 is 5.25. The monoisotopic (exact) mass is 417 g/mol. The van der Waals surface area contributed by atoms with Crippen LogP contribution >= 0.6 is 0 Å². The number of non-ortho nitro benzene ring substituents is 1. The van der Waals surface area contributed by atoms with Crippen LogP contribution in [0.5, 0.6) is 5.75 Å². The fourth-order valence-corrected chi connectivity index (χ4v) is 2.73. The Hall–Kier alpha value is -3.89. The van der Waals surface area contributed by atoms with Gasteiger partial charge in [-0.15, -0.1) is 0 Å². The number of anilines is 2. The van der Waals surface area contributed by atoms with Gasteiger partial charge in [0, 0.05) is 56.6 Å². The first-order valence-electron chi connectivity index (χ1n) is 8.97. The average Bonchev–Trinajstić information content (AvgIpc) is 2.71. The molecule has 11 heteroatoms. The zero-order chi connectivity index (χ0) is 22.4. The molecule has 2 aromatic rings. The molecule has 0 unspecified atom stereocenters. The highest BCUT2D eigenvalue weighted by Gasteiger charge is 2.24. The fraction of sp³-hybridized carbons (Fsp3) is 0.316. The summed E-state index contributed by atoms with van der Waals surface area (Å²) in [7, 11) is 4.71. The van der Waals surface area contributed by atoms with Crippen LogP contribution in [-0.4, -0.2) is 49.5 Å². The van der Waals surface area contributed by atoms with Crippen LogP contribution in [0.1, 0.15) is 17.3 Å². The normalized spacial score (nSPS) is 11.3. The van der Waals surface area contributed by atoms with Gasteiger partial charge in [-0.25, -0.2) is 0 Å². The predicted octanol–water partition coefficient (Wildman–Crippen LogP) is 2.81. The molecular weight excluding hydrogens is 394 g/mol. The summed E-state index contributed by atoms with van der Waals surface area (Å²) >= 11 is 0. The van der Waals surface area contributed by atoms with Crippen LogP contribution < -0.4 is 20.3 Å². The van der Waals surface area contributed by atoms with E-state index in [1.54, 1.807) is 38.1 Å². The van der Waals surface area contributed by atoms with Crippen molar-refractivity contribution in [2.45, 2.75) is 13.0 Å². The molecule has 2 rings (SSSR count). The first-order valence-corrected chi connectivity index (χ1v) is 8.97. The molecule has 0 heterocycles. The highest BCUT2D eigenvalue weighted by atomic mass is 16.6. The number of hydrogen-bond donors (Lipinski definition) is 2. The van der Waals surface area contributed by atoms with E-state index < -0.39 is 15.8 Å². The van der Waals surface area contributed by atoms with Crippen LogP contribution in [-0.2, 0) is 0 Å². The van der Waals surface area contributed by atoms with Gasteiger partial charge in [-0.3, -0.25) is 25.0 Å². The Morgan fingerprint density at radius 3 is 2.27 bits per heavy atom. The van der Waals surface area contributed by atoms with Crippen LogP contribution in [0.15, 0.2) is 36.4 Å². The van der Waals surface area contributed by atoms with E-state index in [4.69, 9.17) is 4.74 Å². The Balaban J connectivity index is 2.11. The molecule has 0 aliphatic heterocycles. The molecule has 1 atom stereocenters. The number of ether oxygens (including phenoxy) is 1. The molecule has 160 valence electrons. The van der Waals surface area contributed by atoms with E-state index in [0.29, 0.717) is 17.9 Å². The topological polar surface area (TPSA) is 140 Å². The van der Waals surface area contributed by atoms with Gasteiger partial charge in [0.25, 0.3) is 17.3 Å². The maximum atomic E-state index is 12.7. The predicted molar refractivity (Wildman–Crippen MR) is 112 cm³/mol. The maximum Gasteiger partial charge on any atom is 0.293 e.